The molecule has 0 amide bonds. The molecule has 0 aromatic carbocycles. The van der Waals surface area contributed by atoms with Gasteiger partial charge in [0.05, 0.1) is 10.8 Å². The number of nitrogens with one attached hydrogen (secondary N) is 1. The molecule has 1 aromatic rings. The molecule has 0 unspecified atom stereocenters. The minimum Gasteiger partial charge on any atom is -0.481 e. The standard InChI is InChI=1S/C13H17N3O4/c1-8-11(16(19)20)6-7-12(14-8)15-10-4-2-9(3-5-10)13(17)18/h6-7,9-10H,2-5H2,1H3,(H,14,15)(H,17,18). The molecule has 20 heavy (non-hydrogen) atoms. The second-order valence-electron chi connectivity index (χ2n) is 5.09. The van der Waals surface area contributed by atoms with Crippen molar-refractivity contribution >= 4 is 17.5 Å². The summed E-state index contributed by atoms with van der Waals surface area (Å²) in [6.07, 6.45) is 2.85. The molecule has 0 atom stereocenters. The van der Waals surface area contributed by atoms with Crippen molar-refractivity contribution in [3.05, 3.63) is 27.9 Å². The second-order valence-corrected chi connectivity index (χ2v) is 5.09. The average molecular weight is 279 g/mol. The number of hydrogen-bond donors (Lipinski definition) is 2. The number of rotatable bonds is 4. The third kappa shape index (κ3) is 3.23. The van der Waals surface area contributed by atoms with Crippen molar-refractivity contribution in [3.8, 4) is 0 Å². The Kier molecular flexibility index (Phi) is 4.16. The van der Waals surface area contributed by atoms with Gasteiger partial charge in [0.1, 0.15) is 11.5 Å². The van der Waals surface area contributed by atoms with Crippen molar-refractivity contribution in [2.24, 2.45) is 5.92 Å². The summed E-state index contributed by atoms with van der Waals surface area (Å²) in [4.78, 5) is 25.3. The molecular weight excluding hydrogens is 262 g/mol. The lowest BCUT2D eigenvalue weighted by molar-refractivity contribution is -0.385. The predicted octanol–water partition coefficient (Wildman–Crippen LogP) is 2.35. The molecule has 1 fully saturated rings. The fourth-order valence-electron chi connectivity index (χ4n) is 2.52. The lowest BCUT2D eigenvalue weighted by atomic mass is 9.86. The van der Waals surface area contributed by atoms with E-state index >= 15 is 0 Å². The van der Waals surface area contributed by atoms with Crippen LogP contribution < -0.4 is 5.32 Å². The average Bonchev–Trinajstić information content (AvgIpc) is 2.39. The first-order chi connectivity index (χ1) is 9.47. The maximum atomic E-state index is 10.9. The Hall–Kier alpha value is -2.18. The first-order valence-corrected chi connectivity index (χ1v) is 6.58. The van der Waals surface area contributed by atoms with Gasteiger partial charge in [0.2, 0.25) is 0 Å². The van der Waals surface area contributed by atoms with E-state index < -0.39 is 10.9 Å². The molecule has 1 aliphatic carbocycles. The maximum Gasteiger partial charge on any atom is 0.306 e. The van der Waals surface area contributed by atoms with Gasteiger partial charge in [-0.05, 0) is 38.7 Å². The zero-order valence-corrected chi connectivity index (χ0v) is 11.2. The van der Waals surface area contributed by atoms with Crippen molar-refractivity contribution in [1.82, 2.24) is 4.98 Å². The van der Waals surface area contributed by atoms with Crippen LogP contribution in [0.15, 0.2) is 12.1 Å². The van der Waals surface area contributed by atoms with E-state index in [-0.39, 0.29) is 17.6 Å². The highest BCUT2D eigenvalue weighted by atomic mass is 16.6. The normalized spacial score (nSPS) is 22.2. The van der Waals surface area contributed by atoms with E-state index in [1.54, 1.807) is 13.0 Å². The zero-order chi connectivity index (χ0) is 14.7. The van der Waals surface area contributed by atoms with Gasteiger partial charge in [-0.1, -0.05) is 0 Å². The second kappa shape index (κ2) is 5.85. The number of pyridine rings is 1. The molecule has 7 heteroatoms. The van der Waals surface area contributed by atoms with Gasteiger partial charge in [0.25, 0.3) is 5.69 Å². The van der Waals surface area contributed by atoms with Gasteiger partial charge in [-0.3, -0.25) is 14.9 Å². The van der Waals surface area contributed by atoms with Crippen LogP contribution in [0.25, 0.3) is 0 Å². The Balaban J connectivity index is 1.96. The van der Waals surface area contributed by atoms with Crippen LogP contribution in [0.1, 0.15) is 31.4 Å². The van der Waals surface area contributed by atoms with Crippen LogP contribution >= 0.6 is 0 Å². The molecular formula is C13H17N3O4. The number of carbonyl (C=O) groups is 1. The smallest absolute Gasteiger partial charge is 0.306 e. The quantitative estimate of drug-likeness (QED) is 0.647. The lowest BCUT2D eigenvalue weighted by Crippen LogP contribution is -2.29. The van der Waals surface area contributed by atoms with E-state index in [0.29, 0.717) is 24.4 Å². The number of hydrogen-bond acceptors (Lipinski definition) is 5. The molecule has 1 heterocycles. The Morgan fingerprint density at radius 1 is 1.40 bits per heavy atom. The minimum absolute atomic E-state index is 0.00475. The van der Waals surface area contributed by atoms with Crippen LogP contribution in [0.2, 0.25) is 0 Å². The lowest BCUT2D eigenvalue weighted by Gasteiger charge is -2.27. The van der Waals surface area contributed by atoms with E-state index in [1.165, 1.54) is 6.07 Å². The summed E-state index contributed by atoms with van der Waals surface area (Å²) in [5.41, 5.74) is 0.379. The third-order valence-corrected chi connectivity index (χ3v) is 3.68. The molecule has 0 aliphatic heterocycles. The van der Waals surface area contributed by atoms with Crippen LogP contribution in [0.5, 0.6) is 0 Å². The fraction of sp³-hybridized carbons (Fsp3) is 0.538. The van der Waals surface area contributed by atoms with E-state index in [2.05, 4.69) is 10.3 Å². The van der Waals surface area contributed by atoms with Crippen LogP contribution in [0, 0.1) is 23.0 Å². The molecule has 2 rings (SSSR count). The van der Waals surface area contributed by atoms with Crippen molar-refractivity contribution < 1.29 is 14.8 Å². The van der Waals surface area contributed by atoms with Gasteiger partial charge in [0, 0.05) is 12.1 Å². The number of nitrogens with zero attached hydrogens (tertiary/aromatic N) is 2. The van der Waals surface area contributed by atoms with Gasteiger partial charge in [-0.25, -0.2) is 4.98 Å². The van der Waals surface area contributed by atoms with Crippen molar-refractivity contribution in [1.29, 1.82) is 0 Å². The van der Waals surface area contributed by atoms with Gasteiger partial charge in [-0.15, -0.1) is 0 Å². The highest BCUT2D eigenvalue weighted by Crippen LogP contribution is 2.27. The Morgan fingerprint density at radius 2 is 2.05 bits per heavy atom. The topological polar surface area (TPSA) is 105 Å². The van der Waals surface area contributed by atoms with Crippen molar-refractivity contribution in [3.63, 3.8) is 0 Å². The van der Waals surface area contributed by atoms with Crippen LogP contribution in [0.4, 0.5) is 11.5 Å². The molecule has 1 aromatic heterocycles. The fourth-order valence-corrected chi connectivity index (χ4v) is 2.52. The number of carboxylic acid groups (broad SMARTS) is 1. The maximum absolute atomic E-state index is 10.9. The predicted molar refractivity (Wildman–Crippen MR) is 72.6 cm³/mol. The molecule has 1 aliphatic rings. The zero-order valence-electron chi connectivity index (χ0n) is 11.2. The van der Waals surface area contributed by atoms with Gasteiger partial charge in [0.15, 0.2) is 0 Å². The molecule has 0 saturated heterocycles. The highest BCUT2D eigenvalue weighted by molar-refractivity contribution is 5.70. The summed E-state index contributed by atoms with van der Waals surface area (Å²) in [5.74, 6) is -0.376. The van der Waals surface area contributed by atoms with Crippen LogP contribution in [0.3, 0.4) is 0 Å². The van der Waals surface area contributed by atoms with Gasteiger partial charge < -0.3 is 10.4 Å². The van der Waals surface area contributed by atoms with E-state index in [4.69, 9.17) is 5.11 Å². The highest BCUT2D eigenvalue weighted by Gasteiger charge is 2.26. The number of nitro groups is 1. The molecule has 0 bridgehead atoms. The minimum atomic E-state index is -0.729. The van der Waals surface area contributed by atoms with Gasteiger partial charge >= 0.3 is 5.97 Å². The van der Waals surface area contributed by atoms with E-state index in [1.807, 2.05) is 0 Å². The number of anilines is 1. The first-order valence-electron chi connectivity index (χ1n) is 6.58. The van der Waals surface area contributed by atoms with E-state index in [0.717, 1.165) is 12.8 Å². The monoisotopic (exact) mass is 279 g/mol. The summed E-state index contributed by atoms with van der Waals surface area (Å²) >= 11 is 0. The molecule has 0 spiro atoms. The molecule has 2 N–H and O–H groups in total. The Morgan fingerprint density at radius 3 is 2.55 bits per heavy atom. The Labute approximate surface area is 116 Å². The molecule has 1 saturated carbocycles. The Bertz CT molecular complexity index is 524. The van der Waals surface area contributed by atoms with Crippen molar-refractivity contribution in [2.75, 3.05) is 5.32 Å². The SMILES string of the molecule is Cc1nc(NC2CCC(C(=O)O)CC2)ccc1[N+](=O)[O-]. The summed E-state index contributed by atoms with van der Waals surface area (Å²) in [6.45, 7) is 1.60. The molecule has 7 nitrogen and oxygen atoms in total. The largest absolute Gasteiger partial charge is 0.481 e. The summed E-state index contributed by atoms with van der Waals surface area (Å²) in [6, 6.07) is 3.21. The van der Waals surface area contributed by atoms with E-state index in [9.17, 15) is 14.9 Å². The van der Waals surface area contributed by atoms with Crippen LogP contribution in [-0.2, 0) is 4.79 Å². The summed E-state index contributed by atoms with van der Waals surface area (Å²) in [5, 5.41) is 22.9. The van der Waals surface area contributed by atoms with Crippen molar-refractivity contribution in [2.45, 2.75) is 38.6 Å². The summed E-state index contributed by atoms with van der Waals surface area (Å²) in [7, 11) is 0. The summed E-state index contributed by atoms with van der Waals surface area (Å²) < 4.78 is 0. The number of aromatic nitrogens is 1. The number of aryl methyl sites for hydroxylation is 1. The third-order valence-electron chi connectivity index (χ3n) is 3.68. The first kappa shape index (κ1) is 14.2. The molecule has 108 valence electrons. The van der Waals surface area contributed by atoms with Crippen LogP contribution in [-0.4, -0.2) is 27.0 Å². The number of carboxylic acids is 1. The molecule has 0 radical (unpaired) electrons. The van der Waals surface area contributed by atoms with Gasteiger partial charge in [-0.2, -0.15) is 0 Å². The number of aliphatic carboxylic acids is 1.